The number of hydrogen-bond donors (Lipinski definition) is 1. The number of benzene rings is 2. The molecule has 0 fully saturated rings. The first kappa shape index (κ1) is 27.5. The fourth-order valence-corrected chi connectivity index (χ4v) is 5.23. The Balaban J connectivity index is 1.61. The van der Waals surface area contributed by atoms with Crippen LogP contribution in [0.15, 0.2) is 80.8 Å². The molecule has 1 aliphatic rings. The molecule has 12 heteroatoms. The highest BCUT2D eigenvalue weighted by molar-refractivity contribution is 7.89. The van der Waals surface area contributed by atoms with Gasteiger partial charge in [-0.1, -0.05) is 23.2 Å². The van der Waals surface area contributed by atoms with Gasteiger partial charge in [-0.05, 0) is 67.6 Å². The number of nitrogens with zero attached hydrogens (tertiary/aromatic N) is 1. The number of methoxy groups -OCH3 is 2. The van der Waals surface area contributed by atoms with Gasteiger partial charge < -0.3 is 13.9 Å². The van der Waals surface area contributed by atoms with Gasteiger partial charge in [0.25, 0.3) is 5.91 Å². The Morgan fingerprint density at radius 2 is 1.79 bits per heavy atom. The summed E-state index contributed by atoms with van der Waals surface area (Å²) in [5.74, 6) is -0.239. The number of esters is 1. The second kappa shape index (κ2) is 11.0. The largest absolute Gasteiger partial charge is 0.495 e. The SMILES string of the molecule is COC(=O)C1=C(C)N(c2ccc(OC)c(Cl)c2)C(=O)/C1=C/c1ccc(CNS(=O)(=O)c2ccc(Cl)cc2)o1. The molecule has 4 rings (SSSR count). The molecule has 0 spiro atoms. The highest BCUT2D eigenvalue weighted by Gasteiger charge is 2.38. The van der Waals surface area contributed by atoms with Crippen LogP contribution in [0.5, 0.6) is 5.75 Å². The van der Waals surface area contributed by atoms with Crippen LogP contribution in [0.25, 0.3) is 6.08 Å². The molecular weight excluding hydrogens is 555 g/mol. The van der Waals surface area contributed by atoms with Crippen LogP contribution in [0.2, 0.25) is 10.0 Å². The molecule has 0 saturated carbocycles. The number of furan rings is 1. The molecule has 1 amide bonds. The number of anilines is 1. The summed E-state index contributed by atoms with van der Waals surface area (Å²) in [5, 5.41) is 0.706. The van der Waals surface area contributed by atoms with Crippen LogP contribution in [-0.2, 0) is 30.9 Å². The summed E-state index contributed by atoms with van der Waals surface area (Å²) < 4.78 is 43.3. The quantitative estimate of drug-likeness (QED) is 0.298. The third kappa shape index (κ3) is 5.48. The van der Waals surface area contributed by atoms with Crippen molar-refractivity contribution in [1.82, 2.24) is 4.72 Å². The number of nitrogens with one attached hydrogen (secondary N) is 1. The fraction of sp³-hybridized carbons (Fsp3) is 0.154. The van der Waals surface area contributed by atoms with Gasteiger partial charge in [-0.15, -0.1) is 0 Å². The summed E-state index contributed by atoms with van der Waals surface area (Å²) in [7, 11) is -1.11. The van der Waals surface area contributed by atoms with Crippen LogP contribution in [-0.4, -0.2) is 34.5 Å². The van der Waals surface area contributed by atoms with E-state index < -0.39 is 21.9 Å². The summed E-state index contributed by atoms with van der Waals surface area (Å²) in [6.07, 6.45) is 1.40. The maximum absolute atomic E-state index is 13.5. The first-order valence-corrected chi connectivity index (χ1v) is 13.3. The maximum Gasteiger partial charge on any atom is 0.340 e. The summed E-state index contributed by atoms with van der Waals surface area (Å²) in [5.41, 5.74) is 0.881. The van der Waals surface area contributed by atoms with E-state index in [1.807, 2.05) is 0 Å². The number of allylic oxidation sites excluding steroid dienone is 1. The van der Waals surface area contributed by atoms with E-state index >= 15 is 0 Å². The van der Waals surface area contributed by atoms with Gasteiger partial charge in [-0.25, -0.2) is 17.9 Å². The van der Waals surface area contributed by atoms with E-state index in [1.165, 1.54) is 49.5 Å². The monoisotopic (exact) mass is 576 g/mol. The van der Waals surface area contributed by atoms with Crippen molar-refractivity contribution in [3.8, 4) is 5.75 Å². The molecule has 0 aliphatic carbocycles. The summed E-state index contributed by atoms with van der Waals surface area (Å²) in [6, 6.07) is 13.7. The zero-order valence-corrected chi connectivity index (χ0v) is 22.8. The maximum atomic E-state index is 13.5. The second-order valence-corrected chi connectivity index (χ2v) is 10.7. The molecule has 2 aromatic carbocycles. The van der Waals surface area contributed by atoms with Crippen molar-refractivity contribution < 1.29 is 31.9 Å². The molecule has 2 heterocycles. The Morgan fingerprint density at radius 3 is 2.42 bits per heavy atom. The molecule has 1 N–H and O–H groups in total. The molecule has 0 atom stereocenters. The van der Waals surface area contributed by atoms with Crippen molar-refractivity contribution in [2.24, 2.45) is 0 Å². The molecule has 0 saturated heterocycles. The molecule has 1 aromatic heterocycles. The van der Waals surface area contributed by atoms with Crippen LogP contribution in [0.1, 0.15) is 18.4 Å². The third-order valence-corrected chi connectivity index (χ3v) is 7.68. The van der Waals surface area contributed by atoms with Crippen molar-refractivity contribution in [3.63, 3.8) is 0 Å². The predicted octanol–water partition coefficient (Wildman–Crippen LogP) is 4.95. The summed E-state index contributed by atoms with van der Waals surface area (Å²) >= 11 is 12.1. The molecule has 0 radical (unpaired) electrons. The minimum atomic E-state index is -3.81. The van der Waals surface area contributed by atoms with E-state index in [4.69, 9.17) is 37.1 Å². The Bertz CT molecular complexity index is 1580. The molecular formula is C26H22Cl2N2O7S. The van der Waals surface area contributed by atoms with Crippen molar-refractivity contribution in [2.75, 3.05) is 19.1 Å². The molecule has 0 bridgehead atoms. The van der Waals surface area contributed by atoms with E-state index in [9.17, 15) is 18.0 Å². The average molecular weight is 577 g/mol. The average Bonchev–Trinajstić information content (AvgIpc) is 3.44. The molecule has 9 nitrogen and oxygen atoms in total. The topological polar surface area (TPSA) is 115 Å². The lowest BCUT2D eigenvalue weighted by Gasteiger charge is -2.18. The van der Waals surface area contributed by atoms with Crippen LogP contribution in [0.3, 0.4) is 0 Å². The minimum absolute atomic E-state index is 0.0453. The number of sulfonamides is 1. The number of amides is 1. The number of halogens is 2. The molecule has 198 valence electrons. The van der Waals surface area contributed by atoms with Crippen LogP contribution < -0.4 is 14.4 Å². The zero-order valence-electron chi connectivity index (χ0n) is 20.4. The predicted molar refractivity (Wildman–Crippen MR) is 142 cm³/mol. The van der Waals surface area contributed by atoms with Crippen LogP contribution in [0, 0.1) is 0 Å². The Kier molecular flexibility index (Phi) is 7.98. The first-order chi connectivity index (χ1) is 18.1. The van der Waals surface area contributed by atoms with E-state index in [2.05, 4.69) is 4.72 Å². The van der Waals surface area contributed by atoms with Crippen molar-refractivity contribution in [2.45, 2.75) is 18.4 Å². The third-order valence-electron chi connectivity index (χ3n) is 5.71. The van der Waals surface area contributed by atoms with E-state index in [-0.39, 0.29) is 28.3 Å². The highest BCUT2D eigenvalue weighted by Crippen LogP contribution is 2.38. The van der Waals surface area contributed by atoms with Crippen molar-refractivity contribution in [1.29, 1.82) is 0 Å². The number of rotatable bonds is 8. The van der Waals surface area contributed by atoms with Gasteiger partial charge >= 0.3 is 5.97 Å². The lowest BCUT2D eigenvalue weighted by atomic mass is 10.1. The van der Waals surface area contributed by atoms with E-state index in [1.54, 1.807) is 37.3 Å². The Hall–Kier alpha value is -3.57. The van der Waals surface area contributed by atoms with Gasteiger partial charge in [-0.3, -0.25) is 9.69 Å². The standard InChI is InChI=1S/C26H22Cl2N2O7S/c1-15-24(26(32)36-3)21(25(31)30(15)17-6-11-23(35-2)22(28)12-17)13-18-7-8-19(37-18)14-29-38(33,34)20-9-4-16(27)5-10-20/h4-13,29H,14H2,1-3H3/b21-13+. The zero-order chi connectivity index (χ0) is 27.6. The second-order valence-electron chi connectivity index (χ2n) is 8.05. The van der Waals surface area contributed by atoms with Gasteiger partial charge in [0, 0.05) is 10.7 Å². The number of carbonyl (C=O) groups is 2. The summed E-state index contributed by atoms with van der Waals surface area (Å²) in [4.78, 5) is 27.5. The first-order valence-electron chi connectivity index (χ1n) is 11.1. The molecule has 0 unspecified atom stereocenters. The molecule has 38 heavy (non-hydrogen) atoms. The Morgan fingerprint density at radius 1 is 1.08 bits per heavy atom. The minimum Gasteiger partial charge on any atom is -0.495 e. The van der Waals surface area contributed by atoms with E-state index in [0.29, 0.717) is 32.9 Å². The normalized spacial score (nSPS) is 14.9. The molecule has 1 aliphatic heterocycles. The number of hydrogen-bond acceptors (Lipinski definition) is 7. The highest BCUT2D eigenvalue weighted by atomic mass is 35.5. The lowest BCUT2D eigenvalue weighted by molar-refractivity contribution is -0.136. The van der Waals surface area contributed by atoms with Crippen LogP contribution in [0.4, 0.5) is 5.69 Å². The number of carbonyl (C=O) groups excluding carboxylic acids is 2. The summed E-state index contributed by atoms with van der Waals surface area (Å²) in [6.45, 7) is 1.47. The smallest absolute Gasteiger partial charge is 0.340 e. The Labute approximate surface area is 229 Å². The van der Waals surface area contributed by atoms with Crippen LogP contribution >= 0.6 is 23.2 Å². The number of ether oxygens (including phenoxy) is 2. The van der Waals surface area contributed by atoms with Gasteiger partial charge in [0.2, 0.25) is 10.0 Å². The fourth-order valence-electron chi connectivity index (χ4n) is 3.86. The van der Waals surface area contributed by atoms with Gasteiger partial charge in [0.15, 0.2) is 0 Å². The molecule has 3 aromatic rings. The van der Waals surface area contributed by atoms with Crippen molar-refractivity contribution in [3.05, 3.63) is 93.0 Å². The van der Waals surface area contributed by atoms with Gasteiger partial charge in [0.05, 0.1) is 47.5 Å². The lowest BCUT2D eigenvalue weighted by Crippen LogP contribution is -2.24. The van der Waals surface area contributed by atoms with Crippen molar-refractivity contribution >= 4 is 56.9 Å². The van der Waals surface area contributed by atoms with Gasteiger partial charge in [0.1, 0.15) is 17.3 Å². The van der Waals surface area contributed by atoms with Gasteiger partial charge in [-0.2, -0.15) is 0 Å². The van der Waals surface area contributed by atoms with E-state index in [0.717, 1.165) is 0 Å².